The average molecular weight is 258 g/mol. The number of nitrogens with zero attached hydrogens (tertiary/aromatic N) is 2. The maximum Gasteiger partial charge on any atom is 0.253 e. The largest absolute Gasteiger partial charge is 0.391 e. The predicted molar refractivity (Wildman–Crippen MR) is 74.1 cm³/mol. The molecule has 0 bridgehead atoms. The van der Waals surface area contributed by atoms with Crippen molar-refractivity contribution in [2.75, 3.05) is 13.1 Å². The van der Waals surface area contributed by atoms with Crippen LogP contribution < -0.4 is 0 Å². The fraction of sp³-hybridized carbons (Fsp3) is 0.400. The van der Waals surface area contributed by atoms with Crippen molar-refractivity contribution in [3.8, 4) is 0 Å². The minimum absolute atomic E-state index is 0.0181. The van der Waals surface area contributed by atoms with Gasteiger partial charge in [-0.2, -0.15) is 0 Å². The summed E-state index contributed by atoms with van der Waals surface area (Å²) in [5, 5.41) is 10.7. The van der Waals surface area contributed by atoms with Crippen molar-refractivity contribution in [3.63, 3.8) is 0 Å². The van der Waals surface area contributed by atoms with Gasteiger partial charge in [-0.15, -0.1) is 0 Å². The zero-order valence-corrected chi connectivity index (χ0v) is 11.0. The Labute approximate surface area is 112 Å². The number of likely N-dealkylation sites (tertiary alicyclic amines) is 1. The summed E-state index contributed by atoms with van der Waals surface area (Å²) in [4.78, 5) is 14.2. The van der Waals surface area contributed by atoms with Crippen LogP contribution in [-0.2, 0) is 7.05 Å². The number of carbonyl (C=O) groups is 1. The first-order chi connectivity index (χ1) is 9.15. The monoisotopic (exact) mass is 258 g/mol. The number of hydrogen-bond acceptors (Lipinski definition) is 2. The summed E-state index contributed by atoms with van der Waals surface area (Å²) >= 11 is 0. The van der Waals surface area contributed by atoms with Crippen LogP contribution >= 0.6 is 0 Å². The molecule has 1 fully saturated rings. The van der Waals surface area contributed by atoms with Crippen molar-refractivity contribution in [1.29, 1.82) is 0 Å². The standard InChI is InChI=1S/C15H18N2O2/c1-16-8-6-11-9-12(4-5-14(11)16)15(19)17-7-2-3-13(18)10-17/h4-6,8-9,13,18H,2-3,7,10H2,1H3. The number of fused-ring (bicyclic) bond motifs is 1. The minimum atomic E-state index is -0.377. The SMILES string of the molecule is Cn1ccc2cc(C(=O)N3CCCC(O)C3)ccc21. The van der Waals surface area contributed by atoms with Gasteiger partial charge in [0.25, 0.3) is 5.91 Å². The van der Waals surface area contributed by atoms with E-state index in [1.165, 1.54) is 0 Å². The molecule has 1 aromatic carbocycles. The molecule has 1 N–H and O–H groups in total. The molecule has 0 aliphatic carbocycles. The Kier molecular flexibility index (Phi) is 3.03. The Hall–Kier alpha value is -1.81. The van der Waals surface area contributed by atoms with Gasteiger partial charge in [-0.3, -0.25) is 4.79 Å². The van der Waals surface area contributed by atoms with Crippen LogP contribution in [0.2, 0.25) is 0 Å². The van der Waals surface area contributed by atoms with E-state index in [9.17, 15) is 9.90 Å². The Bertz CT molecular complexity index is 618. The molecule has 1 unspecified atom stereocenters. The molecule has 0 saturated carbocycles. The number of carbonyl (C=O) groups excluding carboxylic acids is 1. The first-order valence-corrected chi connectivity index (χ1v) is 6.67. The van der Waals surface area contributed by atoms with E-state index in [0.29, 0.717) is 12.1 Å². The second-order valence-corrected chi connectivity index (χ2v) is 5.25. The van der Waals surface area contributed by atoms with Gasteiger partial charge in [0.05, 0.1) is 6.10 Å². The van der Waals surface area contributed by atoms with Crippen LogP contribution in [0.5, 0.6) is 0 Å². The number of aliphatic hydroxyl groups is 1. The second kappa shape index (κ2) is 4.70. The first-order valence-electron chi connectivity index (χ1n) is 6.67. The van der Waals surface area contributed by atoms with Crippen LogP contribution in [-0.4, -0.2) is 39.7 Å². The summed E-state index contributed by atoms with van der Waals surface area (Å²) in [5.74, 6) is 0.0181. The van der Waals surface area contributed by atoms with Gasteiger partial charge in [-0.25, -0.2) is 0 Å². The van der Waals surface area contributed by atoms with E-state index >= 15 is 0 Å². The number of rotatable bonds is 1. The molecule has 0 radical (unpaired) electrons. The molecule has 4 heteroatoms. The fourth-order valence-corrected chi connectivity index (χ4v) is 2.74. The summed E-state index contributed by atoms with van der Waals surface area (Å²) in [5.41, 5.74) is 1.82. The van der Waals surface area contributed by atoms with E-state index in [0.717, 1.165) is 30.3 Å². The first kappa shape index (κ1) is 12.2. The van der Waals surface area contributed by atoms with Gasteiger partial charge in [-0.1, -0.05) is 0 Å². The molecule has 4 nitrogen and oxygen atoms in total. The molecule has 1 atom stereocenters. The third kappa shape index (κ3) is 2.24. The molecule has 1 aliphatic heterocycles. The molecular weight excluding hydrogens is 240 g/mol. The highest BCUT2D eigenvalue weighted by atomic mass is 16.3. The highest BCUT2D eigenvalue weighted by Crippen LogP contribution is 2.19. The highest BCUT2D eigenvalue weighted by Gasteiger charge is 2.23. The van der Waals surface area contributed by atoms with Gasteiger partial charge in [0, 0.05) is 42.8 Å². The quantitative estimate of drug-likeness (QED) is 0.847. The summed E-state index contributed by atoms with van der Waals surface area (Å²) in [6.45, 7) is 1.19. The van der Waals surface area contributed by atoms with E-state index in [1.54, 1.807) is 4.90 Å². The van der Waals surface area contributed by atoms with Crippen LogP contribution in [0.25, 0.3) is 10.9 Å². The molecule has 1 amide bonds. The fourth-order valence-electron chi connectivity index (χ4n) is 2.74. The lowest BCUT2D eigenvalue weighted by molar-refractivity contribution is 0.0474. The van der Waals surface area contributed by atoms with Gasteiger partial charge in [0.2, 0.25) is 0 Å². The lowest BCUT2D eigenvalue weighted by atomic mass is 10.1. The Balaban J connectivity index is 1.88. The lowest BCUT2D eigenvalue weighted by Crippen LogP contribution is -2.42. The van der Waals surface area contributed by atoms with Gasteiger partial charge < -0.3 is 14.6 Å². The summed E-state index contributed by atoms with van der Waals surface area (Å²) in [6.07, 6.45) is 3.28. The van der Waals surface area contributed by atoms with Gasteiger partial charge in [-0.05, 0) is 37.1 Å². The molecule has 0 spiro atoms. The van der Waals surface area contributed by atoms with Crippen molar-refractivity contribution in [3.05, 3.63) is 36.0 Å². The van der Waals surface area contributed by atoms with Crippen molar-refractivity contribution in [2.24, 2.45) is 7.05 Å². The minimum Gasteiger partial charge on any atom is -0.391 e. The number of amides is 1. The van der Waals surface area contributed by atoms with Gasteiger partial charge in [0.1, 0.15) is 0 Å². The third-order valence-electron chi connectivity index (χ3n) is 3.82. The van der Waals surface area contributed by atoms with Crippen LogP contribution in [0, 0.1) is 0 Å². The van der Waals surface area contributed by atoms with Crippen LogP contribution in [0.1, 0.15) is 23.2 Å². The van der Waals surface area contributed by atoms with Crippen molar-refractivity contribution < 1.29 is 9.90 Å². The zero-order valence-electron chi connectivity index (χ0n) is 11.0. The Morgan fingerprint density at radius 1 is 1.37 bits per heavy atom. The van der Waals surface area contributed by atoms with Crippen LogP contribution in [0.15, 0.2) is 30.5 Å². The summed E-state index contributed by atoms with van der Waals surface area (Å²) in [7, 11) is 1.99. The van der Waals surface area contributed by atoms with Gasteiger partial charge in [0.15, 0.2) is 0 Å². The molecule has 1 aliphatic rings. The molecule has 3 rings (SSSR count). The van der Waals surface area contributed by atoms with Crippen molar-refractivity contribution in [1.82, 2.24) is 9.47 Å². The molecule has 1 saturated heterocycles. The maximum absolute atomic E-state index is 12.4. The molecule has 1 aromatic heterocycles. The molecular formula is C15H18N2O2. The second-order valence-electron chi connectivity index (χ2n) is 5.25. The van der Waals surface area contributed by atoms with Crippen LogP contribution in [0.3, 0.4) is 0 Å². The highest BCUT2D eigenvalue weighted by molar-refractivity contribution is 5.98. The number of hydrogen-bond donors (Lipinski definition) is 1. The summed E-state index contributed by atoms with van der Waals surface area (Å²) in [6, 6.07) is 7.78. The number of benzene rings is 1. The Morgan fingerprint density at radius 3 is 3.00 bits per heavy atom. The molecule has 100 valence electrons. The number of β-amino-alcohol motifs (C(OH)–C–C–N with tert-alkyl or cyclic N) is 1. The number of piperidine rings is 1. The van der Waals surface area contributed by atoms with Gasteiger partial charge >= 0.3 is 0 Å². The van der Waals surface area contributed by atoms with E-state index in [2.05, 4.69) is 0 Å². The van der Waals surface area contributed by atoms with Crippen molar-refractivity contribution >= 4 is 16.8 Å². The number of aryl methyl sites for hydroxylation is 1. The third-order valence-corrected chi connectivity index (χ3v) is 3.82. The number of aliphatic hydroxyl groups excluding tert-OH is 1. The van der Waals surface area contributed by atoms with E-state index < -0.39 is 0 Å². The normalized spacial score (nSPS) is 19.9. The lowest BCUT2D eigenvalue weighted by Gasteiger charge is -2.30. The Morgan fingerprint density at radius 2 is 2.21 bits per heavy atom. The molecule has 19 heavy (non-hydrogen) atoms. The molecule has 2 heterocycles. The zero-order chi connectivity index (χ0) is 13.4. The maximum atomic E-state index is 12.4. The van der Waals surface area contributed by atoms with Crippen molar-refractivity contribution in [2.45, 2.75) is 18.9 Å². The smallest absolute Gasteiger partial charge is 0.253 e. The molecule has 2 aromatic rings. The van der Waals surface area contributed by atoms with Crippen LogP contribution in [0.4, 0.5) is 0 Å². The topological polar surface area (TPSA) is 45.5 Å². The predicted octanol–water partition coefficient (Wildman–Crippen LogP) is 1.78. The number of aromatic nitrogens is 1. The van der Waals surface area contributed by atoms with E-state index in [4.69, 9.17) is 0 Å². The van der Waals surface area contributed by atoms with E-state index in [-0.39, 0.29) is 12.0 Å². The average Bonchev–Trinajstić information content (AvgIpc) is 2.79. The van der Waals surface area contributed by atoms with E-state index in [1.807, 2.05) is 42.1 Å². The summed E-state index contributed by atoms with van der Waals surface area (Å²) < 4.78 is 2.04.